The predicted molar refractivity (Wildman–Crippen MR) is 64.3 cm³/mol. The molecule has 1 rings (SSSR count). The van der Waals surface area contributed by atoms with Crippen molar-refractivity contribution >= 4 is 31.6 Å². The molecule has 0 spiro atoms. The van der Waals surface area contributed by atoms with E-state index in [0.717, 1.165) is 13.2 Å². The number of ether oxygens (including phenoxy) is 1. The number of methoxy groups -OCH3 is 1. The van der Waals surface area contributed by atoms with Crippen LogP contribution in [0.25, 0.3) is 0 Å². The van der Waals surface area contributed by atoms with Gasteiger partial charge in [0.1, 0.15) is 10.4 Å². The smallest absolute Gasteiger partial charge is 0.420 e. The van der Waals surface area contributed by atoms with Gasteiger partial charge in [-0.1, -0.05) is 15.9 Å². The number of nitrogens with one attached hydrogen (secondary N) is 1. The van der Waals surface area contributed by atoms with Gasteiger partial charge in [-0.05, 0) is 18.2 Å². The zero-order valence-electron chi connectivity index (χ0n) is 9.08. The molecular formula is C9H9BrF3NO3S. The zero-order chi connectivity index (χ0) is 14.0. The molecule has 0 aliphatic carbocycles. The van der Waals surface area contributed by atoms with Crippen LogP contribution in [0.1, 0.15) is 5.56 Å². The lowest BCUT2D eigenvalue weighted by molar-refractivity contribution is -0.138. The SMILES string of the molecule is COc1ccc(NS(=O)(=O)CBr)cc1C(F)(F)F. The molecule has 0 aliphatic rings. The van der Waals surface area contributed by atoms with Gasteiger partial charge in [0, 0.05) is 5.69 Å². The summed E-state index contributed by atoms with van der Waals surface area (Å²) < 4.78 is 66.6. The maximum atomic E-state index is 12.7. The van der Waals surface area contributed by atoms with Crippen LogP contribution in [-0.4, -0.2) is 20.2 Å². The van der Waals surface area contributed by atoms with Gasteiger partial charge in [0.15, 0.2) is 0 Å². The predicted octanol–water partition coefficient (Wildman–Crippen LogP) is 2.81. The second kappa shape index (κ2) is 5.35. The summed E-state index contributed by atoms with van der Waals surface area (Å²) >= 11 is 2.72. The van der Waals surface area contributed by atoms with Crippen LogP contribution < -0.4 is 9.46 Å². The minimum Gasteiger partial charge on any atom is -0.496 e. The lowest BCUT2D eigenvalue weighted by Gasteiger charge is -2.14. The molecule has 0 heterocycles. The highest BCUT2D eigenvalue weighted by Gasteiger charge is 2.34. The summed E-state index contributed by atoms with van der Waals surface area (Å²) in [7, 11) is -2.59. The molecule has 102 valence electrons. The van der Waals surface area contributed by atoms with E-state index in [1.54, 1.807) is 0 Å². The number of alkyl halides is 4. The largest absolute Gasteiger partial charge is 0.496 e. The Bertz CT molecular complexity index is 530. The number of sulfonamides is 1. The van der Waals surface area contributed by atoms with E-state index in [1.165, 1.54) is 6.07 Å². The van der Waals surface area contributed by atoms with E-state index in [2.05, 4.69) is 20.7 Å². The first-order valence-electron chi connectivity index (χ1n) is 4.51. The van der Waals surface area contributed by atoms with Crippen molar-refractivity contribution < 1.29 is 26.3 Å². The van der Waals surface area contributed by atoms with Crippen LogP contribution >= 0.6 is 15.9 Å². The average molecular weight is 348 g/mol. The molecule has 1 aromatic rings. The molecule has 0 aliphatic heterocycles. The van der Waals surface area contributed by atoms with E-state index in [-0.39, 0.29) is 11.4 Å². The highest BCUT2D eigenvalue weighted by Crippen LogP contribution is 2.37. The molecule has 0 fully saturated rings. The summed E-state index contributed by atoms with van der Waals surface area (Å²) in [6, 6.07) is 2.92. The van der Waals surface area contributed by atoms with Gasteiger partial charge in [0.05, 0.1) is 12.7 Å². The van der Waals surface area contributed by atoms with Gasteiger partial charge in [-0.2, -0.15) is 13.2 Å². The Morgan fingerprint density at radius 3 is 2.44 bits per heavy atom. The lowest BCUT2D eigenvalue weighted by Crippen LogP contribution is -2.14. The summed E-state index contributed by atoms with van der Waals surface area (Å²) in [5.41, 5.74) is -1.22. The first-order valence-corrected chi connectivity index (χ1v) is 7.28. The summed E-state index contributed by atoms with van der Waals surface area (Å²) in [4.78, 5) is 0. The van der Waals surface area contributed by atoms with Crippen LogP contribution in [0, 0.1) is 0 Å². The van der Waals surface area contributed by atoms with Crippen molar-refractivity contribution in [2.75, 3.05) is 16.5 Å². The van der Waals surface area contributed by atoms with Crippen molar-refractivity contribution in [3.8, 4) is 5.75 Å². The maximum absolute atomic E-state index is 12.7. The second-order valence-electron chi connectivity index (χ2n) is 3.24. The molecule has 0 radical (unpaired) electrons. The van der Waals surface area contributed by atoms with E-state index in [1.807, 2.05) is 4.72 Å². The van der Waals surface area contributed by atoms with Gasteiger partial charge in [-0.15, -0.1) is 0 Å². The number of anilines is 1. The fourth-order valence-electron chi connectivity index (χ4n) is 1.20. The molecule has 0 unspecified atom stereocenters. The van der Waals surface area contributed by atoms with Gasteiger partial charge in [-0.25, -0.2) is 8.42 Å². The lowest BCUT2D eigenvalue weighted by atomic mass is 10.1. The Hall–Kier alpha value is -0.960. The monoisotopic (exact) mass is 347 g/mol. The molecule has 0 atom stereocenters. The highest BCUT2D eigenvalue weighted by atomic mass is 79.9. The number of hydrogen-bond donors (Lipinski definition) is 1. The van der Waals surface area contributed by atoms with E-state index >= 15 is 0 Å². The minimum absolute atomic E-state index is 0.178. The van der Waals surface area contributed by atoms with Gasteiger partial charge in [-0.3, -0.25) is 4.72 Å². The van der Waals surface area contributed by atoms with E-state index in [0.29, 0.717) is 6.07 Å². The molecule has 0 bridgehead atoms. The van der Waals surface area contributed by atoms with Gasteiger partial charge in [0.2, 0.25) is 10.0 Å². The Morgan fingerprint density at radius 2 is 2.00 bits per heavy atom. The normalized spacial score (nSPS) is 12.3. The molecule has 1 N–H and O–H groups in total. The van der Waals surface area contributed by atoms with E-state index < -0.39 is 26.4 Å². The van der Waals surface area contributed by atoms with Crippen molar-refractivity contribution in [1.82, 2.24) is 0 Å². The van der Waals surface area contributed by atoms with Gasteiger partial charge >= 0.3 is 6.18 Å². The third-order valence-corrected chi connectivity index (χ3v) is 4.56. The van der Waals surface area contributed by atoms with Crippen molar-refractivity contribution in [1.29, 1.82) is 0 Å². The topological polar surface area (TPSA) is 55.4 Å². The van der Waals surface area contributed by atoms with Crippen LogP contribution in [0.4, 0.5) is 18.9 Å². The standard InChI is InChI=1S/C9H9BrF3NO3S/c1-17-8-3-2-6(14-18(15,16)5-10)4-7(8)9(11,12)13/h2-4,14H,5H2,1H3. The minimum atomic E-state index is -4.62. The van der Waals surface area contributed by atoms with Crippen LogP contribution in [0.2, 0.25) is 0 Å². The third-order valence-electron chi connectivity index (χ3n) is 1.92. The number of rotatable bonds is 4. The zero-order valence-corrected chi connectivity index (χ0v) is 11.5. The second-order valence-corrected chi connectivity index (χ2v) is 6.26. The van der Waals surface area contributed by atoms with Gasteiger partial charge in [0.25, 0.3) is 0 Å². The molecule has 0 aromatic heterocycles. The van der Waals surface area contributed by atoms with Crippen molar-refractivity contribution in [3.63, 3.8) is 0 Å². The Kier molecular flexibility index (Phi) is 4.49. The first kappa shape index (κ1) is 15.1. The Labute approximate surface area is 110 Å². The summed E-state index contributed by atoms with van der Waals surface area (Å²) in [5.74, 6) is -0.371. The number of benzene rings is 1. The highest BCUT2D eigenvalue weighted by molar-refractivity contribution is 9.10. The molecule has 0 saturated carbocycles. The van der Waals surface area contributed by atoms with Crippen molar-refractivity contribution in [2.45, 2.75) is 6.18 Å². The fourth-order valence-corrected chi connectivity index (χ4v) is 2.08. The fraction of sp³-hybridized carbons (Fsp3) is 0.333. The summed E-state index contributed by atoms with van der Waals surface area (Å²) in [6.07, 6.45) is -4.62. The molecule has 4 nitrogen and oxygen atoms in total. The third kappa shape index (κ3) is 3.77. The Balaban J connectivity index is 3.20. The molecular weight excluding hydrogens is 339 g/mol. The molecule has 0 amide bonds. The number of halogens is 4. The summed E-state index contributed by atoms with van der Waals surface area (Å²) in [5, 5.41) is 0. The molecule has 18 heavy (non-hydrogen) atoms. The first-order chi connectivity index (χ1) is 8.19. The maximum Gasteiger partial charge on any atom is 0.420 e. The summed E-state index contributed by atoms with van der Waals surface area (Å²) in [6.45, 7) is 0. The van der Waals surface area contributed by atoms with E-state index in [9.17, 15) is 21.6 Å². The molecule has 9 heteroatoms. The number of hydrogen-bond acceptors (Lipinski definition) is 3. The van der Waals surface area contributed by atoms with Crippen molar-refractivity contribution in [2.24, 2.45) is 0 Å². The quantitative estimate of drug-likeness (QED) is 0.852. The Morgan fingerprint density at radius 1 is 1.39 bits per heavy atom. The molecule has 1 aromatic carbocycles. The van der Waals surface area contributed by atoms with Crippen LogP contribution in [0.5, 0.6) is 5.75 Å². The van der Waals surface area contributed by atoms with Crippen LogP contribution in [0.15, 0.2) is 18.2 Å². The van der Waals surface area contributed by atoms with Crippen LogP contribution in [0.3, 0.4) is 0 Å². The van der Waals surface area contributed by atoms with E-state index in [4.69, 9.17) is 0 Å². The van der Waals surface area contributed by atoms with Gasteiger partial charge < -0.3 is 4.74 Å². The van der Waals surface area contributed by atoms with Crippen molar-refractivity contribution in [3.05, 3.63) is 23.8 Å². The van der Waals surface area contributed by atoms with Crippen LogP contribution in [-0.2, 0) is 16.2 Å². The average Bonchev–Trinajstić information content (AvgIpc) is 2.27. The molecule has 0 saturated heterocycles.